The number of carbonyl (C=O) groups excluding carboxylic acids is 1. The van der Waals surface area contributed by atoms with Gasteiger partial charge >= 0.3 is 5.97 Å². The number of rotatable bonds is 2. The van der Waals surface area contributed by atoms with Crippen molar-refractivity contribution in [3.05, 3.63) is 23.8 Å². The molecule has 0 aromatic rings. The molecule has 3 rings (SSSR count). The Hall–Kier alpha value is -1.05. The van der Waals surface area contributed by atoms with Gasteiger partial charge in [0, 0.05) is 6.92 Å². The number of fused-ring (bicyclic) bond motifs is 5. The summed E-state index contributed by atoms with van der Waals surface area (Å²) >= 11 is 0. The molecule has 0 saturated heterocycles. The molecule has 0 aliphatic heterocycles. The van der Waals surface area contributed by atoms with Gasteiger partial charge in [0.2, 0.25) is 0 Å². The van der Waals surface area contributed by atoms with Crippen LogP contribution < -0.4 is 0 Å². The van der Waals surface area contributed by atoms with Crippen LogP contribution in [0.4, 0.5) is 0 Å². The highest BCUT2D eigenvalue weighted by Gasteiger charge is 2.49. The maximum absolute atomic E-state index is 10.7. The van der Waals surface area contributed by atoms with Crippen molar-refractivity contribution in [3.63, 3.8) is 0 Å². The summed E-state index contributed by atoms with van der Waals surface area (Å²) in [5.41, 5.74) is 1.35. The maximum Gasteiger partial charge on any atom is 0.302 e. The van der Waals surface area contributed by atoms with E-state index in [-0.39, 0.29) is 5.97 Å². The predicted molar refractivity (Wildman–Crippen MR) is 52.4 cm³/mol. The Kier molecular flexibility index (Phi) is 1.61. The van der Waals surface area contributed by atoms with Crippen LogP contribution in [0.5, 0.6) is 0 Å². The number of allylic oxidation sites excluding steroid dienone is 3. The molecule has 0 aromatic carbocycles. The van der Waals surface area contributed by atoms with Gasteiger partial charge in [0.15, 0.2) is 0 Å². The zero-order valence-electron chi connectivity index (χ0n) is 8.27. The van der Waals surface area contributed by atoms with Crippen molar-refractivity contribution in [1.29, 1.82) is 0 Å². The molecule has 0 heterocycles. The van der Waals surface area contributed by atoms with Crippen LogP contribution in [0.3, 0.4) is 0 Å². The largest absolute Gasteiger partial charge is 0.461 e. The Bertz CT molecular complexity index is 340. The molecule has 0 N–H and O–H groups in total. The second-order valence-corrected chi connectivity index (χ2v) is 4.57. The highest BCUT2D eigenvalue weighted by molar-refractivity contribution is 5.66. The lowest BCUT2D eigenvalue weighted by atomic mass is 9.69. The molecule has 2 nitrogen and oxygen atoms in total. The third-order valence-electron chi connectivity index (χ3n) is 3.80. The number of ether oxygens (including phenoxy) is 1. The van der Waals surface area contributed by atoms with Crippen LogP contribution in [0.15, 0.2) is 23.8 Å². The molecule has 74 valence electrons. The Morgan fingerprint density at radius 2 is 2.29 bits per heavy atom. The van der Waals surface area contributed by atoms with Crippen LogP contribution >= 0.6 is 0 Å². The number of esters is 1. The smallest absolute Gasteiger partial charge is 0.302 e. The first kappa shape index (κ1) is 8.27. The van der Waals surface area contributed by atoms with Gasteiger partial charge in [-0.05, 0) is 35.7 Å². The quantitative estimate of drug-likeness (QED) is 0.491. The van der Waals surface area contributed by atoms with E-state index in [0.29, 0.717) is 12.5 Å². The summed E-state index contributed by atoms with van der Waals surface area (Å²) in [6.45, 7) is 1.99. The normalized spacial score (nSPS) is 41.6. The zero-order chi connectivity index (χ0) is 9.71. The summed E-state index contributed by atoms with van der Waals surface area (Å²) in [6.07, 6.45) is 8.31. The first-order valence-corrected chi connectivity index (χ1v) is 5.28. The van der Waals surface area contributed by atoms with Gasteiger partial charge in [-0.2, -0.15) is 0 Å². The van der Waals surface area contributed by atoms with Crippen molar-refractivity contribution in [2.75, 3.05) is 6.61 Å². The topological polar surface area (TPSA) is 26.3 Å². The van der Waals surface area contributed by atoms with E-state index in [9.17, 15) is 4.79 Å². The minimum absolute atomic E-state index is 0.173. The molecule has 3 aliphatic carbocycles. The summed E-state index contributed by atoms with van der Waals surface area (Å²) in [7, 11) is 0. The maximum atomic E-state index is 10.7. The van der Waals surface area contributed by atoms with E-state index < -0.39 is 0 Å². The summed E-state index contributed by atoms with van der Waals surface area (Å²) in [4.78, 5) is 10.7. The fourth-order valence-electron chi connectivity index (χ4n) is 3.18. The van der Waals surface area contributed by atoms with E-state index in [2.05, 4.69) is 18.2 Å². The molecule has 3 aliphatic rings. The lowest BCUT2D eigenvalue weighted by Crippen LogP contribution is -2.31. The minimum Gasteiger partial charge on any atom is -0.461 e. The van der Waals surface area contributed by atoms with Crippen molar-refractivity contribution in [2.24, 2.45) is 23.7 Å². The molecule has 2 bridgehead atoms. The van der Waals surface area contributed by atoms with Gasteiger partial charge in [-0.1, -0.05) is 18.2 Å². The molecule has 1 saturated carbocycles. The number of hydrogen-bond acceptors (Lipinski definition) is 2. The monoisotopic (exact) mass is 190 g/mol. The second-order valence-electron chi connectivity index (χ2n) is 4.57. The van der Waals surface area contributed by atoms with E-state index in [1.807, 2.05) is 0 Å². The van der Waals surface area contributed by atoms with Gasteiger partial charge in [-0.3, -0.25) is 4.79 Å². The third-order valence-corrected chi connectivity index (χ3v) is 3.80. The summed E-state index contributed by atoms with van der Waals surface area (Å²) in [5, 5.41) is 0. The van der Waals surface area contributed by atoms with E-state index in [1.165, 1.54) is 18.9 Å². The van der Waals surface area contributed by atoms with E-state index in [1.54, 1.807) is 0 Å². The van der Waals surface area contributed by atoms with Crippen molar-refractivity contribution in [3.8, 4) is 0 Å². The molecule has 2 heteroatoms. The van der Waals surface area contributed by atoms with Crippen LogP contribution in [0.2, 0.25) is 0 Å². The zero-order valence-corrected chi connectivity index (χ0v) is 8.27. The molecule has 1 fully saturated rings. The summed E-state index contributed by atoms with van der Waals surface area (Å²) in [5.74, 6) is 2.81. The Balaban J connectivity index is 1.67. The number of hydrogen-bond donors (Lipinski definition) is 0. The lowest BCUT2D eigenvalue weighted by molar-refractivity contribution is -0.140. The van der Waals surface area contributed by atoms with Crippen molar-refractivity contribution in [1.82, 2.24) is 0 Å². The molecule has 0 radical (unpaired) electrons. The Morgan fingerprint density at radius 1 is 1.50 bits per heavy atom. The van der Waals surface area contributed by atoms with E-state index in [4.69, 9.17) is 4.74 Å². The average Bonchev–Trinajstić information content (AvgIpc) is 2.59. The Labute approximate surface area is 83.6 Å². The molecule has 0 unspecified atom stereocenters. The highest BCUT2D eigenvalue weighted by Crippen LogP contribution is 2.57. The second kappa shape index (κ2) is 2.72. The summed E-state index contributed by atoms with van der Waals surface area (Å²) < 4.78 is 5.03. The molecular formula is C12H14O2. The van der Waals surface area contributed by atoms with Gasteiger partial charge in [0.25, 0.3) is 0 Å². The predicted octanol–water partition coefficient (Wildman–Crippen LogP) is 1.93. The van der Waals surface area contributed by atoms with E-state index in [0.717, 1.165) is 17.8 Å². The van der Waals surface area contributed by atoms with Crippen LogP contribution in [-0.2, 0) is 9.53 Å². The van der Waals surface area contributed by atoms with Crippen LogP contribution in [0, 0.1) is 23.7 Å². The molecule has 0 aromatic heterocycles. The lowest BCUT2D eigenvalue weighted by Gasteiger charge is -2.36. The van der Waals surface area contributed by atoms with Crippen LogP contribution in [0.1, 0.15) is 13.3 Å². The van der Waals surface area contributed by atoms with Gasteiger partial charge in [-0.15, -0.1) is 0 Å². The van der Waals surface area contributed by atoms with Crippen LogP contribution in [-0.4, -0.2) is 12.6 Å². The first-order valence-electron chi connectivity index (χ1n) is 5.28. The molecule has 0 spiro atoms. The van der Waals surface area contributed by atoms with Crippen LogP contribution in [0.25, 0.3) is 0 Å². The molecule has 4 atom stereocenters. The third kappa shape index (κ3) is 0.999. The molecule has 0 amide bonds. The minimum atomic E-state index is -0.173. The first-order chi connectivity index (χ1) is 6.75. The highest BCUT2D eigenvalue weighted by atomic mass is 16.5. The fourth-order valence-corrected chi connectivity index (χ4v) is 3.18. The van der Waals surface area contributed by atoms with Crippen molar-refractivity contribution < 1.29 is 9.53 Å². The SMILES string of the molecule is CC(=O)OCC1=C[C@@H]2[C@@H]1[C@H]1C=C[C@H]2C1. The molecule has 14 heavy (non-hydrogen) atoms. The Morgan fingerprint density at radius 3 is 3.00 bits per heavy atom. The van der Waals surface area contributed by atoms with Crippen molar-refractivity contribution in [2.45, 2.75) is 13.3 Å². The van der Waals surface area contributed by atoms with E-state index >= 15 is 0 Å². The average molecular weight is 190 g/mol. The summed E-state index contributed by atoms with van der Waals surface area (Å²) in [6, 6.07) is 0. The van der Waals surface area contributed by atoms with Gasteiger partial charge < -0.3 is 4.74 Å². The number of carbonyl (C=O) groups is 1. The van der Waals surface area contributed by atoms with Gasteiger partial charge in [0.1, 0.15) is 6.61 Å². The fraction of sp³-hybridized carbons (Fsp3) is 0.583. The standard InChI is InChI=1S/C12H14O2/c1-7(13)14-6-10-5-11-8-2-3-9(4-8)12(10)11/h2-3,5,8-9,11-12H,4,6H2,1H3/t8-,9-,11-,12+/m0/s1. The molecular weight excluding hydrogens is 176 g/mol. The van der Waals surface area contributed by atoms with Gasteiger partial charge in [0.05, 0.1) is 0 Å². The van der Waals surface area contributed by atoms with Gasteiger partial charge in [-0.25, -0.2) is 0 Å². The van der Waals surface area contributed by atoms with Crippen molar-refractivity contribution >= 4 is 5.97 Å².